The minimum absolute atomic E-state index is 0.0469. The van der Waals surface area contributed by atoms with Gasteiger partial charge in [0.05, 0.1) is 6.54 Å². The number of carbonyl (C=O) groups is 5. The molecule has 0 aliphatic carbocycles. The van der Waals surface area contributed by atoms with Crippen LogP contribution in [0.15, 0.2) is 0 Å². The van der Waals surface area contributed by atoms with E-state index in [2.05, 4.69) is 16.0 Å². The number of amides is 4. The lowest BCUT2D eigenvalue weighted by Gasteiger charge is -2.25. The standard InChI is InChI=1S/C19H36N6O6/c1-11(2)9-14(23-16(27)10-21)18(29)24-12(6-7-15(22)26)17(28)25-13(19(30)31)5-3-4-8-20/h11-14H,3-10,20-21H2,1-2H3,(H2,22,26)(H,23,27)(H,24,29)(H,25,28)(H,30,31). The number of carboxylic acids is 1. The van der Waals surface area contributed by atoms with Gasteiger partial charge in [-0.2, -0.15) is 0 Å². The Balaban J connectivity index is 5.37. The highest BCUT2D eigenvalue weighted by atomic mass is 16.4. The van der Waals surface area contributed by atoms with Gasteiger partial charge in [0, 0.05) is 6.42 Å². The van der Waals surface area contributed by atoms with Crippen molar-refractivity contribution in [3.05, 3.63) is 0 Å². The Bertz CT molecular complexity index is 627. The average Bonchev–Trinajstić information content (AvgIpc) is 2.68. The highest BCUT2D eigenvalue weighted by Crippen LogP contribution is 2.08. The molecule has 0 aromatic carbocycles. The zero-order valence-corrected chi connectivity index (χ0v) is 18.2. The molecule has 4 amide bonds. The van der Waals surface area contributed by atoms with Crippen molar-refractivity contribution in [2.45, 2.75) is 70.5 Å². The smallest absolute Gasteiger partial charge is 0.326 e. The maximum Gasteiger partial charge on any atom is 0.326 e. The number of hydrogen-bond acceptors (Lipinski definition) is 7. The van der Waals surface area contributed by atoms with E-state index in [9.17, 15) is 29.1 Å². The molecule has 3 unspecified atom stereocenters. The van der Waals surface area contributed by atoms with E-state index in [0.717, 1.165) is 0 Å². The van der Waals surface area contributed by atoms with Crippen LogP contribution in [0.25, 0.3) is 0 Å². The molecule has 0 saturated carbocycles. The number of unbranched alkanes of at least 4 members (excludes halogenated alkanes) is 1. The van der Waals surface area contributed by atoms with Crippen LogP contribution in [-0.4, -0.2) is 65.9 Å². The van der Waals surface area contributed by atoms with Crippen molar-refractivity contribution in [2.24, 2.45) is 23.1 Å². The van der Waals surface area contributed by atoms with Gasteiger partial charge in [0.25, 0.3) is 0 Å². The topological polar surface area (TPSA) is 220 Å². The minimum atomic E-state index is -1.22. The summed E-state index contributed by atoms with van der Waals surface area (Å²) in [6.45, 7) is 3.79. The summed E-state index contributed by atoms with van der Waals surface area (Å²) in [4.78, 5) is 59.7. The molecule has 0 aliphatic rings. The van der Waals surface area contributed by atoms with Crippen LogP contribution in [0.2, 0.25) is 0 Å². The van der Waals surface area contributed by atoms with Crippen LogP contribution in [-0.2, 0) is 24.0 Å². The molecule has 0 saturated heterocycles. The number of nitrogens with one attached hydrogen (secondary N) is 3. The quantitative estimate of drug-likeness (QED) is 0.131. The summed E-state index contributed by atoms with van der Waals surface area (Å²) in [5.41, 5.74) is 15.9. The molecule has 178 valence electrons. The van der Waals surface area contributed by atoms with Crippen LogP contribution < -0.4 is 33.2 Å². The number of aliphatic carboxylic acids is 1. The number of carbonyl (C=O) groups excluding carboxylic acids is 4. The van der Waals surface area contributed by atoms with Crippen LogP contribution in [0.4, 0.5) is 0 Å². The minimum Gasteiger partial charge on any atom is -0.480 e. The highest BCUT2D eigenvalue weighted by Gasteiger charge is 2.29. The SMILES string of the molecule is CC(C)CC(NC(=O)CN)C(=O)NC(CCC(N)=O)C(=O)NC(CCCCN)C(=O)O. The van der Waals surface area contributed by atoms with Gasteiger partial charge in [-0.1, -0.05) is 13.8 Å². The van der Waals surface area contributed by atoms with E-state index in [4.69, 9.17) is 17.2 Å². The van der Waals surface area contributed by atoms with Gasteiger partial charge in [0.1, 0.15) is 18.1 Å². The number of carboxylic acid groups (broad SMARTS) is 1. The number of rotatable bonds is 16. The number of nitrogens with two attached hydrogens (primary N) is 3. The summed E-state index contributed by atoms with van der Waals surface area (Å²) < 4.78 is 0. The fourth-order valence-electron chi connectivity index (χ4n) is 2.81. The molecule has 0 aromatic rings. The summed E-state index contributed by atoms with van der Waals surface area (Å²) in [6, 6.07) is -3.32. The largest absolute Gasteiger partial charge is 0.480 e. The second-order valence-corrected chi connectivity index (χ2v) is 7.70. The first-order valence-corrected chi connectivity index (χ1v) is 10.3. The van der Waals surface area contributed by atoms with Crippen molar-refractivity contribution in [3.8, 4) is 0 Å². The molecule has 31 heavy (non-hydrogen) atoms. The van der Waals surface area contributed by atoms with Crippen molar-refractivity contribution >= 4 is 29.6 Å². The lowest BCUT2D eigenvalue weighted by atomic mass is 10.0. The maximum atomic E-state index is 12.7. The lowest BCUT2D eigenvalue weighted by molar-refractivity contribution is -0.142. The third-order valence-corrected chi connectivity index (χ3v) is 4.42. The van der Waals surface area contributed by atoms with E-state index < -0.39 is 47.7 Å². The third-order valence-electron chi connectivity index (χ3n) is 4.42. The molecule has 10 N–H and O–H groups in total. The number of hydrogen-bond donors (Lipinski definition) is 7. The first kappa shape index (κ1) is 28.3. The molecular formula is C19H36N6O6. The zero-order valence-electron chi connectivity index (χ0n) is 18.2. The Morgan fingerprint density at radius 1 is 0.839 bits per heavy atom. The molecule has 0 fully saturated rings. The fourth-order valence-corrected chi connectivity index (χ4v) is 2.81. The molecular weight excluding hydrogens is 408 g/mol. The second-order valence-electron chi connectivity index (χ2n) is 7.70. The fraction of sp³-hybridized carbons (Fsp3) is 0.737. The summed E-state index contributed by atoms with van der Waals surface area (Å²) in [6.07, 6.45) is 1.22. The van der Waals surface area contributed by atoms with E-state index in [1.165, 1.54) is 0 Å². The Hall–Kier alpha value is -2.73. The molecule has 0 aliphatic heterocycles. The van der Waals surface area contributed by atoms with E-state index in [0.29, 0.717) is 25.8 Å². The van der Waals surface area contributed by atoms with E-state index >= 15 is 0 Å². The molecule has 0 aromatic heterocycles. The molecule has 0 spiro atoms. The maximum absolute atomic E-state index is 12.7. The molecule has 0 heterocycles. The Morgan fingerprint density at radius 2 is 1.42 bits per heavy atom. The Labute approximate surface area is 182 Å². The van der Waals surface area contributed by atoms with Gasteiger partial charge >= 0.3 is 5.97 Å². The summed E-state index contributed by atoms with van der Waals surface area (Å²) in [5.74, 6) is -3.80. The normalized spacial score (nSPS) is 13.7. The van der Waals surface area contributed by atoms with Gasteiger partial charge in [-0.25, -0.2) is 4.79 Å². The summed E-state index contributed by atoms with van der Waals surface area (Å²) in [7, 11) is 0. The monoisotopic (exact) mass is 444 g/mol. The second kappa shape index (κ2) is 15.1. The van der Waals surface area contributed by atoms with Crippen molar-refractivity contribution in [1.29, 1.82) is 0 Å². The van der Waals surface area contributed by atoms with Crippen LogP contribution in [0.3, 0.4) is 0 Å². The third kappa shape index (κ3) is 12.5. The summed E-state index contributed by atoms with van der Waals surface area (Å²) in [5, 5.41) is 16.7. The molecule has 0 bridgehead atoms. The molecule has 12 heteroatoms. The first-order chi connectivity index (χ1) is 14.5. The molecule has 0 rings (SSSR count). The van der Waals surface area contributed by atoms with Crippen LogP contribution in [0, 0.1) is 5.92 Å². The highest BCUT2D eigenvalue weighted by molar-refractivity contribution is 5.93. The van der Waals surface area contributed by atoms with Crippen molar-refractivity contribution in [3.63, 3.8) is 0 Å². The van der Waals surface area contributed by atoms with Gasteiger partial charge in [-0.05, 0) is 44.6 Å². The van der Waals surface area contributed by atoms with Crippen LogP contribution in [0.5, 0.6) is 0 Å². The van der Waals surface area contributed by atoms with E-state index in [1.54, 1.807) is 0 Å². The molecule has 0 radical (unpaired) electrons. The predicted octanol–water partition coefficient (Wildman–Crippen LogP) is -2.08. The lowest BCUT2D eigenvalue weighted by Crippen LogP contribution is -2.56. The van der Waals surface area contributed by atoms with Crippen LogP contribution in [0.1, 0.15) is 52.4 Å². The van der Waals surface area contributed by atoms with Crippen LogP contribution >= 0.6 is 0 Å². The molecule has 12 nitrogen and oxygen atoms in total. The number of primary amides is 1. The zero-order chi connectivity index (χ0) is 24.0. The van der Waals surface area contributed by atoms with Gasteiger partial charge < -0.3 is 38.3 Å². The van der Waals surface area contributed by atoms with Gasteiger partial charge in [-0.15, -0.1) is 0 Å². The van der Waals surface area contributed by atoms with Gasteiger partial charge in [-0.3, -0.25) is 19.2 Å². The first-order valence-electron chi connectivity index (χ1n) is 10.3. The van der Waals surface area contributed by atoms with Gasteiger partial charge in [0.2, 0.25) is 23.6 Å². The van der Waals surface area contributed by atoms with Gasteiger partial charge in [0.15, 0.2) is 0 Å². The summed E-state index contributed by atoms with van der Waals surface area (Å²) >= 11 is 0. The van der Waals surface area contributed by atoms with E-state index in [-0.39, 0.29) is 31.7 Å². The molecule has 3 atom stereocenters. The predicted molar refractivity (Wildman–Crippen MR) is 113 cm³/mol. The van der Waals surface area contributed by atoms with Crippen molar-refractivity contribution < 1.29 is 29.1 Å². The van der Waals surface area contributed by atoms with Crippen molar-refractivity contribution in [2.75, 3.05) is 13.1 Å². The Kier molecular flexibility index (Phi) is 13.8. The van der Waals surface area contributed by atoms with Crippen molar-refractivity contribution in [1.82, 2.24) is 16.0 Å². The Morgan fingerprint density at radius 3 is 1.90 bits per heavy atom. The van der Waals surface area contributed by atoms with E-state index in [1.807, 2.05) is 13.8 Å². The average molecular weight is 445 g/mol.